The van der Waals surface area contributed by atoms with Crippen LogP contribution in [-0.4, -0.2) is 41.3 Å². The van der Waals surface area contributed by atoms with E-state index in [0.717, 1.165) is 44.9 Å². The fraction of sp³-hybridized carbons (Fsp3) is 0.800. The van der Waals surface area contributed by atoms with Crippen LogP contribution in [-0.2, 0) is 19.0 Å². The Kier molecular flexibility index (Phi) is 4.03. The standard InChI is InChI=1S/C25H34O5/c1-3-23(27)15-21(26)30-25(23)11-8-20-19-5-4-16-14-24(28-12-13-29-24)10-7-17(16)18(19)6-9-22(20,25)2/h4,6,17,19-20,27H,3,5,7-15H2,1-2H3/t17-,19+,20-,22-,23?,25+/m0/s1. The molecule has 2 saturated heterocycles. The van der Waals surface area contributed by atoms with Crippen molar-refractivity contribution in [1.82, 2.24) is 0 Å². The first-order chi connectivity index (χ1) is 14.4. The van der Waals surface area contributed by atoms with E-state index < -0.39 is 11.2 Å². The lowest BCUT2D eigenvalue weighted by Crippen LogP contribution is -2.60. The Bertz CT molecular complexity index is 838. The molecule has 1 unspecified atom stereocenters. The van der Waals surface area contributed by atoms with Crippen LogP contribution in [0.5, 0.6) is 0 Å². The second-order valence-corrected chi connectivity index (χ2v) is 10.8. The predicted molar refractivity (Wildman–Crippen MR) is 110 cm³/mol. The van der Waals surface area contributed by atoms with Crippen LogP contribution < -0.4 is 0 Å². The minimum absolute atomic E-state index is 0.141. The normalized spacial score (nSPS) is 48.8. The number of carbonyl (C=O) groups excluding carboxylic acids is 1. The molecule has 2 saturated carbocycles. The molecular formula is C25H34O5. The SMILES string of the molecule is CCC1(O)CC(=O)O[C@@]12CC[C@H]1[C@@H]3CC=C4CC5(CC[C@@H]4C3=CC[C@@]12C)OCCO5. The van der Waals surface area contributed by atoms with Gasteiger partial charge in [0.2, 0.25) is 0 Å². The molecule has 2 aliphatic heterocycles. The molecule has 4 fully saturated rings. The fourth-order valence-corrected chi connectivity index (χ4v) is 8.38. The van der Waals surface area contributed by atoms with Crippen molar-refractivity contribution in [2.75, 3.05) is 13.2 Å². The summed E-state index contributed by atoms with van der Waals surface area (Å²) in [6, 6.07) is 0. The van der Waals surface area contributed by atoms with Gasteiger partial charge in [0.15, 0.2) is 5.79 Å². The molecule has 2 spiro atoms. The van der Waals surface area contributed by atoms with Crippen molar-refractivity contribution in [3.63, 3.8) is 0 Å². The van der Waals surface area contributed by atoms with E-state index in [0.29, 0.717) is 37.4 Å². The highest BCUT2D eigenvalue weighted by Gasteiger charge is 2.73. The zero-order chi connectivity index (χ0) is 20.8. The first kappa shape index (κ1) is 19.5. The van der Waals surface area contributed by atoms with Gasteiger partial charge in [0, 0.05) is 24.2 Å². The van der Waals surface area contributed by atoms with Crippen molar-refractivity contribution in [2.24, 2.45) is 23.2 Å². The first-order valence-electron chi connectivity index (χ1n) is 12.0. The number of fused-ring (bicyclic) bond motifs is 6. The van der Waals surface area contributed by atoms with E-state index >= 15 is 0 Å². The topological polar surface area (TPSA) is 65.0 Å². The second-order valence-electron chi connectivity index (χ2n) is 10.8. The molecule has 164 valence electrons. The zero-order valence-electron chi connectivity index (χ0n) is 18.2. The molecule has 6 atom stereocenters. The average molecular weight is 415 g/mol. The van der Waals surface area contributed by atoms with Gasteiger partial charge in [0.05, 0.1) is 19.6 Å². The van der Waals surface area contributed by atoms with Crippen molar-refractivity contribution in [3.8, 4) is 0 Å². The molecule has 0 radical (unpaired) electrons. The quantitative estimate of drug-likeness (QED) is 0.518. The van der Waals surface area contributed by atoms with Gasteiger partial charge in [0.25, 0.3) is 0 Å². The highest BCUT2D eigenvalue weighted by molar-refractivity contribution is 5.75. The summed E-state index contributed by atoms with van der Waals surface area (Å²) in [7, 11) is 0. The third-order valence-electron chi connectivity index (χ3n) is 9.87. The molecule has 5 heteroatoms. The summed E-state index contributed by atoms with van der Waals surface area (Å²) in [6.07, 6.45) is 12.3. The predicted octanol–water partition coefficient (Wildman–Crippen LogP) is 4.05. The lowest BCUT2D eigenvalue weighted by molar-refractivity contribution is -0.193. The smallest absolute Gasteiger partial charge is 0.309 e. The van der Waals surface area contributed by atoms with Gasteiger partial charge in [-0.25, -0.2) is 0 Å². The van der Waals surface area contributed by atoms with Crippen LogP contribution in [0.15, 0.2) is 23.3 Å². The maximum absolute atomic E-state index is 12.4. The van der Waals surface area contributed by atoms with Gasteiger partial charge in [-0.2, -0.15) is 0 Å². The Morgan fingerprint density at radius 1 is 1.13 bits per heavy atom. The third-order valence-corrected chi connectivity index (χ3v) is 9.87. The number of rotatable bonds is 1. The minimum atomic E-state index is -1.04. The Labute approximate surface area is 178 Å². The van der Waals surface area contributed by atoms with Gasteiger partial charge in [-0.15, -0.1) is 0 Å². The maximum atomic E-state index is 12.4. The third kappa shape index (κ3) is 2.27. The molecule has 4 aliphatic carbocycles. The molecule has 5 nitrogen and oxygen atoms in total. The van der Waals surface area contributed by atoms with E-state index in [1.54, 1.807) is 5.57 Å². The number of allylic oxidation sites excluding steroid dienone is 3. The molecule has 1 N–H and O–H groups in total. The molecule has 0 amide bonds. The van der Waals surface area contributed by atoms with Gasteiger partial charge < -0.3 is 19.3 Å². The summed E-state index contributed by atoms with van der Waals surface area (Å²) in [6.45, 7) is 5.70. The maximum Gasteiger partial charge on any atom is 0.309 e. The fourth-order valence-electron chi connectivity index (χ4n) is 8.38. The van der Waals surface area contributed by atoms with Crippen LogP contribution in [0.3, 0.4) is 0 Å². The van der Waals surface area contributed by atoms with Gasteiger partial charge in [-0.3, -0.25) is 4.79 Å². The summed E-state index contributed by atoms with van der Waals surface area (Å²) in [5.41, 5.74) is 1.13. The van der Waals surface area contributed by atoms with Crippen LogP contribution in [0.1, 0.15) is 71.6 Å². The van der Waals surface area contributed by atoms with Crippen molar-refractivity contribution < 1.29 is 24.1 Å². The van der Waals surface area contributed by atoms with E-state index in [4.69, 9.17) is 14.2 Å². The Morgan fingerprint density at radius 2 is 1.93 bits per heavy atom. The Hall–Kier alpha value is -1.17. The van der Waals surface area contributed by atoms with E-state index in [2.05, 4.69) is 19.1 Å². The van der Waals surface area contributed by atoms with Crippen molar-refractivity contribution >= 4 is 5.97 Å². The van der Waals surface area contributed by atoms with Crippen molar-refractivity contribution in [3.05, 3.63) is 23.3 Å². The first-order valence-corrected chi connectivity index (χ1v) is 12.0. The monoisotopic (exact) mass is 414 g/mol. The van der Waals surface area contributed by atoms with Gasteiger partial charge in [0.1, 0.15) is 11.2 Å². The summed E-state index contributed by atoms with van der Waals surface area (Å²) < 4.78 is 18.1. The number of carbonyl (C=O) groups is 1. The highest BCUT2D eigenvalue weighted by Crippen LogP contribution is 2.68. The van der Waals surface area contributed by atoms with E-state index in [9.17, 15) is 9.90 Å². The average Bonchev–Trinajstić information content (AvgIpc) is 3.38. The molecule has 0 aromatic heterocycles. The van der Waals surface area contributed by atoms with Gasteiger partial charge in [-0.05, 0) is 50.4 Å². The van der Waals surface area contributed by atoms with Crippen molar-refractivity contribution in [1.29, 1.82) is 0 Å². The lowest BCUT2D eigenvalue weighted by atomic mass is 9.53. The van der Waals surface area contributed by atoms with Crippen LogP contribution in [0, 0.1) is 23.2 Å². The van der Waals surface area contributed by atoms with Crippen molar-refractivity contribution in [2.45, 2.75) is 88.6 Å². The van der Waals surface area contributed by atoms with E-state index in [1.165, 1.54) is 5.57 Å². The zero-order valence-corrected chi connectivity index (χ0v) is 18.2. The number of esters is 1. The summed E-state index contributed by atoms with van der Waals surface area (Å²) in [5.74, 6) is 0.868. The molecule has 0 aromatic carbocycles. The van der Waals surface area contributed by atoms with Crippen LogP contribution in [0.4, 0.5) is 0 Å². The highest BCUT2D eigenvalue weighted by atomic mass is 16.7. The second kappa shape index (κ2) is 6.20. The number of aliphatic hydroxyl groups is 1. The van der Waals surface area contributed by atoms with Gasteiger partial charge >= 0.3 is 5.97 Å². The molecule has 6 rings (SSSR count). The van der Waals surface area contributed by atoms with E-state index in [1.807, 2.05) is 6.92 Å². The number of ether oxygens (including phenoxy) is 3. The van der Waals surface area contributed by atoms with Crippen LogP contribution in [0.2, 0.25) is 0 Å². The Morgan fingerprint density at radius 3 is 2.70 bits per heavy atom. The summed E-state index contributed by atoms with van der Waals surface area (Å²) >= 11 is 0. The summed E-state index contributed by atoms with van der Waals surface area (Å²) in [5, 5.41) is 11.5. The largest absolute Gasteiger partial charge is 0.455 e. The van der Waals surface area contributed by atoms with Crippen LogP contribution >= 0.6 is 0 Å². The van der Waals surface area contributed by atoms with E-state index in [-0.39, 0.29) is 23.6 Å². The molecule has 30 heavy (non-hydrogen) atoms. The lowest BCUT2D eigenvalue weighted by Gasteiger charge is -2.54. The number of hydrogen-bond donors (Lipinski definition) is 1. The molecule has 0 aromatic rings. The molecule has 6 aliphatic rings. The molecular weight excluding hydrogens is 380 g/mol. The summed E-state index contributed by atoms with van der Waals surface area (Å²) in [4.78, 5) is 12.4. The minimum Gasteiger partial charge on any atom is -0.455 e. The Balaban J connectivity index is 1.33. The number of hydrogen-bond acceptors (Lipinski definition) is 5. The van der Waals surface area contributed by atoms with Crippen LogP contribution in [0.25, 0.3) is 0 Å². The molecule has 2 heterocycles. The van der Waals surface area contributed by atoms with Gasteiger partial charge in [-0.1, -0.05) is 37.1 Å². The molecule has 0 bridgehead atoms.